The van der Waals surface area contributed by atoms with Crippen LogP contribution in [0.4, 0.5) is 26.3 Å². The number of nitrogens with two attached hydrogens (primary N) is 2. The van der Waals surface area contributed by atoms with Crippen molar-refractivity contribution in [3.8, 4) is 0 Å². The Bertz CT molecular complexity index is 1630. The first-order valence-corrected chi connectivity index (χ1v) is 14.8. The van der Waals surface area contributed by atoms with Gasteiger partial charge in [-0.3, -0.25) is 28.8 Å². The molecule has 0 aromatic heterocycles. The van der Waals surface area contributed by atoms with Crippen LogP contribution in [0.1, 0.15) is 52.6 Å². The summed E-state index contributed by atoms with van der Waals surface area (Å²) in [5.41, 5.74) is 11.3. The molecule has 12 N–H and O–H groups in total. The Morgan fingerprint density at radius 3 is 1.09 bits per heavy atom. The lowest BCUT2D eigenvalue weighted by Crippen LogP contribution is -2.45. The average molecular weight is 783 g/mol. The number of halogens is 6. The highest BCUT2D eigenvalue weighted by Crippen LogP contribution is 2.29. The molecule has 0 bridgehead atoms. The van der Waals surface area contributed by atoms with E-state index in [2.05, 4.69) is 21.3 Å². The number of rotatable bonds is 12. The summed E-state index contributed by atoms with van der Waals surface area (Å²) in [6.45, 7) is -0.777. The van der Waals surface area contributed by atoms with Crippen molar-refractivity contribution in [1.82, 2.24) is 21.3 Å². The maximum absolute atomic E-state index is 13.2. The minimum atomic E-state index is -5.08. The summed E-state index contributed by atoms with van der Waals surface area (Å²) < 4.78 is 63.5. The summed E-state index contributed by atoms with van der Waals surface area (Å²) in [5.74, 6) is -8.69. The standard InChI is InChI=1S/C26H30N6O8.2C2HF3O2/c27-19(11-33)25(39)31-7-5-29-23(37)13-1-3-15-17(9-13)22(36)16-4-2-14(10-18(16)21(15)35)24(38)30-6-8-32-26(40)20(28)12-34;2*3-2(4,5)1(6)7/h1-4,9-10,19-20,33-34H,5-8,11-12,27-28H2,(H,29,37)(H,30,38)(H,31,39)(H,32,40);2*(H,6,7)/t19-,20-;;/m0../s1. The van der Waals surface area contributed by atoms with Crippen LogP contribution >= 0.6 is 0 Å². The third kappa shape index (κ3) is 13.9. The predicted molar refractivity (Wildman–Crippen MR) is 168 cm³/mol. The highest BCUT2D eigenvalue weighted by molar-refractivity contribution is 6.29. The zero-order valence-electron chi connectivity index (χ0n) is 27.3. The normalized spacial score (nSPS) is 12.9. The Morgan fingerprint density at radius 2 is 0.833 bits per heavy atom. The van der Waals surface area contributed by atoms with Gasteiger partial charge in [0.25, 0.3) is 11.8 Å². The van der Waals surface area contributed by atoms with Gasteiger partial charge in [0, 0.05) is 59.6 Å². The summed E-state index contributed by atoms with van der Waals surface area (Å²) in [7, 11) is 0. The molecule has 0 saturated heterocycles. The van der Waals surface area contributed by atoms with E-state index in [0.717, 1.165) is 0 Å². The molecule has 296 valence electrons. The molecule has 2 aromatic rings. The molecule has 54 heavy (non-hydrogen) atoms. The molecule has 2 aromatic carbocycles. The van der Waals surface area contributed by atoms with Crippen LogP contribution in [0.25, 0.3) is 0 Å². The van der Waals surface area contributed by atoms with Crippen molar-refractivity contribution < 1.29 is 85.1 Å². The third-order valence-electron chi connectivity index (χ3n) is 6.51. The Labute approximate surface area is 298 Å². The number of carbonyl (C=O) groups is 8. The first kappa shape index (κ1) is 46.0. The van der Waals surface area contributed by atoms with Crippen LogP contribution in [0.3, 0.4) is 0 Å². The highest BCUT2D eigenvalue weighted by Gasteiger charge is 2.39. The second-order valence-electron chi connectivity index (χ2n) is 10.5. The molecule has 4 amide bonds. The quantitative estimate of drug-likeness (QED) is 0.0707. The van der Waals surface area contributed by atoms with Gasteiger partial charge in [-0.15, -0.1) is 0 Å². The fourth-order valence-electron chi connectivity index (χ4n) is 3.79. The van der Waals surface area contributed by atoms with E-state index in [1.54, 1.807) is 0 Å². The zero-order valence-corrected chi connectivity index (χ0v) is 27.3. The van der Waals surface area contributed by atoms with Crippen LogP contribution in [0.2, 0.25) is 0 Å². The number of aliphatic carboxylic acids is 2. The lowest BCUT2D eigenvalue weighted by atomic mass is 9.82. The first-order chi connectivity index (χ1) is 25.0. The minimum absolute atomic E-state index is 0.0430. The molecule has 1 aliphatic carbocycles. The summed E-state index contributed by atoms with van der Waals surface area (Å²) >= 11 is 0. The molecule has 1 aliphatic rings. The summed E-state index contributed by atoms with van der Waals surface area (Å²) in [4.78, 5) is 92.3. The molecular formula is C30H32F6N6O12. The molecule has 0 spiro atoms. The molecule has 0 fully saturated rings. The molecule has 0 radical (unpaired) electrons. The van der Waals surface area contributed by atoms with Gasteiger partial charge >= 0.3 is 24.3 Å². The first-order valence-electron chi connectivity index (χ1n) is 14.8. The highest BCUT2D eigenvalue weighted by atomic mass is 19.4. The number of carboxylic acids is 2. The molecule has 0 saturated carbocycles. The number of alkyl halides is 6. The van der Waals surface area contributed by atoms with E-state index >= 15 is 0 Å². The van der Waals surface area contributed by atoms with Gasteiger partial charge in [0.2, 0.25) is 11.8 Å². The van der Waals surface area contributed by atoms with Crippen LogP contribution in [0.5, 0.6) is 0 Å². The van der Waals surface area contributed by atoms with E-state index in [-0.39, 0.29) is 59.6 Å². The molecule has 18 nitrogen and oxygen atoms in total. The summed E-state index contributed by atoms with van der Waals surface area (Å²) in [6, 6.07) is 5.99. The van der Waals surface area contributed by atoms with Gasteiger partial charge in [-0.1, -0.05) is 0 Å². The number of amides is 4. The topological polar surface area (TPSA) is 318 Å². The summed E-state index contributed by atoms with van der Waals surface area (Å²) in [6.07, 6.45) is -10.2. The van der Waals surface area contributed by atoms with E-state index < -0.39 is 84.8 Å². The van der Waals surface area contributed by atoms with Gasteiger partial charge in [0.05, 0.1) is 13.2 Å². The van der Waals surface area contributed by atoms with Gasteiger partial charge in [-0.2, -0.15) is 26.3 Å². The van der Waals surface area contributed by atoms with Gasteiger partial charge in [0.1, 0.15) is 12.1 Å². The van der Waals surface area contributed by atoms with Crippen molar-refractivity contribution in [3.63, 3.8) is 0 Å². The zero-order chi connectivity index (χ0) is 41.6. The van der Waals surface area contributed by atoms with E-state index in [1.165, 1.54) is 36.4 Å². The van der Waals surface area contributed by atoms with Crippen LogP contribution in [0, 0.1) is 0 Å². The maximum atomic E-state index is 13.2. The predicted octanol–water partition coefficient (Wildman–Crippen LogP) is -1.94. The largest absolute Gasteiger partial charge is 0.490 e. The van der Waals surface area contributed by atoms with Gasteiger partial charge < -0.3 is 53.2 Å². The van der Waals surface area contributed by atoms with Crippen LogP contribution < -0.4 is 32.7 Å². The number of carbonyl (C=O) groups excluding carboxylic acids is 6. The number of carboxylic acid groups (broad SMARTS) is 2. The third-order valence-corrected chi connectivity index (χ3v) is 6.51. The van der Waals surface area contributed by atoms with Gasteiger partial charge in [0.15, 0.2) is 11.6 Å². The Hall–Kier alpha value is -5.98. The Kier molecular flexibility index (Phi) is 17.3. The number of benzene rings is 2. The van der Waals surface area contributed by atoms with E-state index in [1.807, 2.05) is 0 Å². The number of hydrogen-bond acceptors (Lipinski definition) is 12. The van der Waals surface area contributed by atoms with Crippen molar-refractivity contribution >= 4 is 47.1 Å². The van der Waals surface area contributed by atoms with Crippen molar-refractivity contribution in [2.75, 3.05) is 39.4 Å². The number of aliphatic hydroxyl groups is 2. The second kappa shape index (κ2) is 20.3. The van der Waals surface area contributed by atoms with E-state index in [0.29, 0.717) is 0 Å². The molecular weight excluding hydrogens is 750 g/mol. The van der Waals surface area contributed by atoms with Crippen LogP contribution in [0.15, 0.2) is 36.4 Å². The SMILES string of the molecule is N[C@@H](CO)C(=O)NCCNC(=O)c1ccc2c(c1)C(=O)c1ccc(C(=O)NCCNC(=O)[C@@H](N)CO)cc1C2=O.O=C(O)C(F)(F)F.O=C(O)C(F)(F)F. The minimum Gasteiger partial charge on any atom is -0.475 e. The smallest absolute Gasteiger partial charge is 0.475 e. The van der Waals surface area contributed by atoms with Gasteiger partial charge in [-0.25, -0.2) is 9.59 Å². The molecule has 0 unspecified atom stereocenters. The lowest BCUT2D eigenvalue weighted by Gasteiger charge is -2.19. The van der Waals surface area contributed by atoms with Gasteiger partial charge in [-0.05, 0) is 36.4 Å². The monoisotopic (exact) mass is 782 g/mol. The molecule has 2 atom stereocenters. The number of ketones is 2. The second-order valence-corrected chi connectivity index (χ2v) is 10.5. The van der Waals surface area contributed by atoms with Crippen LogP contribution in [-0.4, -0.2) is 131 Å². The number of aliphatic hydroxyl groups excluding tert-OH is 2. The number of fused-ring (bicyclic) bond motifs is 2. The Morgan fingerprint density at radius 1 is 0.556 bits per heavy atom. The van der Waals surface area contributed by atoms with Crippen molar-refractivity contribution in [1.29, 1.82) is 0 Å². The Balaban J connectivity index is 0.000000879. The molecule has 24 heteroatoms. The van der Waals surface area contributed by atoms with Crippen molar-refractivity contribution in [3.05, 3.63) is 69.8 Å². The number of hydrogen-bond donors (Lipinski definition) is 10. The van der Waals surface area contributed by atoms with Crippen molar-refractivity contribution in [2.45, 2.75) is 24.4 Å². The maximum Gasteiger partial charge on any atom is 0.490 e. The number of nitrogens with one attached hydrogen (secondary N) is 4. The van der Waals surface area contributed by atoms with E-state index in [9.17, 15) is 55.1 Å². The molecule has 3 rings (SSSR count). The average Bonchev–Trinajstić information content (AvgIpc) is 3.12. The van der Waals surface area contributed by atoms with E-state index in [4.69, 9.17) is 41.5 Å². The van der Waals surface area contributed by atoms with Crippen molar-refractivity contribution in [2.24, 2.45) is 11.5 Å². The lowest BCUT2D eigenvalue weighted by molar-refractivity contribution is -0.193. The molecule has 0 heterocycles. The summed E-state index contributed by atoms with van der Waals surface area (Å²) in [5, 5.41) is 42.1. The fourth-order valence-corrected chi connectivity index (χ4v) is 3.79. The van der Waals surface area contributed by atoms with Crippen LogP contribution in [-0.2, 0) is 19.2 Å². The fraction of sp³-hybridized carbons (Fsp3) is 0.333. The molecule has 0 aliphatic heterocycles.